The maximum absolute atomic E-state index is 11.6. The summed E-state index contributed by atoms with van der Waals surface area (Å²) in [5.41, 5.74) is 8.04. The Kier molecular flexibility index (Phi) is 4.73. The molecular formula is C14H22N2O2. The van der Waals surface area contributed by atoms with E-state index >= 15 is 0 Å². The molecule has 0 fully saturated rings. The Labute approximate surface area is 109 Å². The van der Waals surface area contributed by atoms with Gasteiger partial charge in [0.05, 0.1) is 5.60 Å². The average molecular weight is 250 g/mol. The summed E-state index contributed by atoms with van der Waals surface area (Å²) in [7, 11) is 0. The Bertz CT molecular complexity index is 422. The third kappa shape index (κ3) is 4.75. The first kappa shape index (κ1) is 14.5. The van der Waals surface area contributed by atoms with E-state index in [0.717, 1.165) is 12.0 Å². The molecule has 0 heterocycles. The first-order valence-corrected chi connectivity index (χ1v) is 6.14. The number of rotatable bonds is 4. The lowest BCUT2D eigenvalue weighted by Crippen LogP contribution is -2.27. The van der Waals surface area contributed by atoms with Gasteiger partial charge >= 0.3 is 0 Å². The quantitative estimate of drug-likeness (QED) is 0.807. The van der Waals surface area contributed by atoms with Crippen LogP contribution in [0.2, 0.25) is 0 Å². The molecule has 0 aliphatic heterocycles. The van der Waals surface area contributed by atoms with E-state index in [-0.39, 0.29) is 18.1 Å². The van der Waals surface area contributed by atoms with Crippen molar-refractivity contribution in [2.75, 3.05) is 17.7 Å². The number of carbonyl (C=O) groups excluding carboxylic acids is 1. The fourth-order valence-electron chi connectivity index (χ4n) is 1.47. The SMILES string of the molecule is CCc1ccc(NC(=O)COC(C)(C)C)cc1N. The van der Waals surface area contributed by atoms with Gasteiger partial charge in [-0.05, 0) is 44.9 Å². The molecule has 4 heteroatoms. The number of amides is 1. The first-order valence-electron chi connectivity index (χ1n) is 6.14. The third-order valence-electron chi connectivity index (χ3n) is 2.45. The molecule has 0 atom stereocenters. The van der Waals surface area contributed by atoms with Crippen molar-refractivity contribution < 1.29 is 9.53 Å². The van der Waals surface area contributed by atoms with Gasteiger partial charge in [-0.15, -0.1) is 0 Å². The Hall–Kier alpha value is -1.55. The number of nitrogens with one attached hydrogen (secondary N) is 1. The van der Waals surface area contributed by atoms with Gasteiger partial charge in [-0.25, -0.2) is 0 Å². The normalized spacial score (nSPS) is 11.3. The second-order valence-corrected chi connectivity index (χ2v) is 5.22. The van der Waals surface area contributed by atoms with Crippen LogP contribution >= 0.6 is 0 Å². The standard InChI is InChI=1S/C14H22N2O2/c1-5-10-6-7-11(8-12(10)15)16-13(17)9-18-14(2,3)4/h6-8H,5,9,15H2,1-4H3,(H,16,17). The largest absolute Gasteiger partial charge is 0.398 e. The summed E-state index contributed by atoms with van der Waals surface area (Å²) in [5, 5.41) is 2.76. The summed E-state index contributed by atoms with van der Waals surface area (Å²) >= 11 is 0. The number of anilines is 2. The predicted octanol–water partition coefficient (Wildman–Crippen LogP) is 2.58. The lowest BCUT2D eigenvalue weighted by molar-refractivity contribution is -0.125. The number of hydrogen-bond donors (Lipinski definition) is 2. The average Bonchev–Trinajstić information content (AvgIpc) is 2.26. The van der Waals surface area contributed by atoms with Gasteiger partial charge in [0.2, 0.25) is 5.91 Å². The fraction of sp³-hybridized carbons (Fsp3) is 0.500. The van der Waals surface area contributed by atoms with Crippen LogP contribution in [0.15, 0.2) is 18.2 Å². The number of carbonyl (C=O) groups is 1. The molecule has 0 saturated heterocycles. The lowest BCUT2D eigenvalue weighted by atomic mass is 10.1. The van der Waals surface area contributed by atoms with Crippen LogP contribution in [0.3, 0.4) is 0 Å². The monoisotopic (exact) mass is 250 g/mol. The summed E-state index contributed by atoms with van der Waals surface area (Å²) in [6.07, 6.45) is 0.882. The highest BCUT2D eigenvalue weighted by Gasteiger charge is 2.13. The maximum Gasteiger partial charge on any atom is 0.250 e. The highest BCUT2D eigenvalue weighted by atomic mass is 16.5. The molecule has 3 N–H and O–H groups in total. The summed E-state index contributed by atoms with van der Waals surface area (Å²) < 4.78 is 5.40. The molecule has 0 bridgehead atoms. The van der Waals surface area contributed by atoms with Crippen molar-refractivity contribution >= 4 is 17.3 Å². The molecule has 1 aromatic rings. The smallest absolute Gasteiger partial charge is 0.250 e. The molecule has 0 aliphatic rings. The zero-order valence-electron chi connectivity index (χ0n) is 11.5. The minimum atomic E-state index is -0.317. The number of benzene rings is 1. The molecule has 1 aromatic carbocycles. The van der Waals surface area contributed by atoms with Crippen LogP contribution in [0, 0.1) is 0 Å². The Morgan fingerprint density at radius 3 is 2.56 bits per heavy atom. The molecule has 0 saturated carbocycles. The van der Waals surface area contributed by atoms with E-state index in [9.17, 15) is 4.79 Å². The summed E-state index contributed by atoms with van der Waals surface area (Å²) in [6.45, 7) is 7.82. The summed E-state index contributed by atoms with van der Waals surface area (Å²) in [4.78, 5) is 11.6. The number of aryl methyl sites for hydroxylation is 1. The van der Waals surface area contributed by atoms with E-state index in [1.165, 1.54) is 0 Å². The summed E-state index contributed by atoms with van der Waals surface area (Å²) in [5.74, 6) is -0.173. The van der Waals surface area contributed by atoms with Crippen molar-refractivity contribution in [3.63, 3.8) is 0 Å². The van der Waals surface area contributed by atoms with Gasteiger partial charge in [-0.1, -0.05) is 13.0 Å². The van der Waals surface area contributed by atoms with Gasteiger partial charge < -0.3 is 15.8 Å². The van der Waals surface area contributed by atoms with Crippen LogP contribution in [0.1, 0.15) is 33.3 Å². The van der Waals surface area contributed by atoms with E-state index in [1.54, 1.807) is 6.07 Å². The molecule has 100 valence electrons. The van der Waals surface area contributed by atoms with Crippen molar-refractivity contribution in [1.29, 1.82) is 0 Å². The van der Waals surface area contributed by atoms with Gasteiger partial charge in [-0.3, -0.25) is 4.79 Å². The van der Waals surface area contributed by atoms with Crippen LogP contribution in [0.4, 0.5) is 11.4 Å². The first-order chi connectivity index (χ1) is 8.31. The van der Waals surface area contributed by atoms with Crippen LogP contribution in [-0.4, -0.2) is 18.1 Å². The Balaban J connectivity index is 2.57. The van der Waals surface area contributed by atoms with E-state index in [1.807, 2.05) is 39.8 Å². The molecule has 0 spiro atoms. The van der Waals surface area contributed by atoms with Crippen LogP contribution in [0.5, 0.6) is 0 Å². The third-order valence-corrected chi connectivity index (χ3v) is 2.45. The van der Waals surface area contributed by atoms with Gasteiger partial charge in [-0.2, -0.15) is 0 Å². The van der Waals surface area contributed by atoms with Crippen molar-refractivity contribution in [1.82, 2.24) is 0 Å². The van der Waals surface area contributed by atoms with Crippen molar-refractivity contribution in [3.05, 3.63) is 23.8 Å². The van der Waals surface area contributed by atoms with Crippen LogP contribution in [0.25, 0.3) is 0 Å². The number of nitrogen functional groups attached to an aromatic ring is 1. The van der Waals surface area contributed by atoms with Crippen molar-refractivity contribution in [3.8, 4) is 0 Å². The van der Waals surface area contributed by atoms with E-state index in [0.29, 0.717) is 11.4 Å². The maximum atomic E-state index is 11.6. The van der Waals surface area contributed by atoms with Gasteiger partial charge in [0, 0.05) is 11.4 Å². The lowest BCUT2D eigenvalue weighted by Gasteiger charge is -2.19. The Morgan fingerprint density at radius 2 is 2.06 bits per heavy atom. The molecule has 0 unspecified atom stereocenters. The van der Waals surface area contributed by atoms with E-state index < -0.39 is 0 Å². The minimum absolute atomic E-state index is 0.0406. The predicted molar refractivity (Wildman–Crippen MR) is 74.6 cm³/mol. The molecule has 1 amide bonds. The molecule has 4 nitrogen and oxygen atoms in total. The molecular weight excluding hydrogens is 228 g/mol. The van der Waals surface area contributed by atoms with Crippen molar-refractivity contribution in [2.45, 2.75) is 39.7 Å². The van der Waals surface area contributed by atoms with Gasteiger partial charge in [0.25, 0.3) is 0 Å². The fourth-order valence-corrected chi connectivity index (χ4v) is 1.47. The second-order valence-electron chi connectivity index (χ2n) is 5.22. The zero-order chi connectivity index (χ0) is 13.8. The highest BCUT2D eigenvalue weighted by Crippen LogP contribution is 2.18. The van der Waals surface area contributed by atoms with E-state index in [4.69, 9.17) is 10.5 Å². The Morgan fingerprint density at radius 1 is 1.39 bits per heavy atom. The van der Waals surface area contributed by atoms with E-state index in [2.05, 4.69) is 5.32 Å². The topological polar surface area (TPSA) is 64.3 Å². The van der Waals surface area contributed by atoms with Gasteiger partial charge in [0.1, 0.15) is 6.61 Å². The molecule has 0 aliphatic carbocycles. The minimum Gasteiger partial charge on any atom is -0.398 e. The second kappa shape index (κ2) is 5.87. The molecule has 0 radical (unpaired) electrons. The molecule has 0 aromatic heterocycles. The summed E-state index contributed by atoms with van der Waals surface area (Å²) in [6, 6.07) is 5.55. The van der Waals surface area contributed by atoms with Crippen molar-refractivity contribution in [2.24, 2.45) is 0 Å². The van der Waals surface area contributed by atoms with Crippen LogP contribution in [-0.2, 0) is 16.0 Å². The number of hydrogen-bond acceptors (Lipinski definition) is 3. The number of ether oxygens (including phenoxy) is 1. The highest BCUT2D eigenvalue weighted by molar-refractivity contribution is 5.92. The zero-order valence-corrected chi connectivity index (χ0v) is 11.5. The number of nitrogens with two attached hydrogens (primary N) is 1. The molecule has 1 rings (SSSR count). The van der Waals surface area contributed by atoms with Crippen LogP contribution < -0.4 is 11.1 Å². The molecule has 18 heavy (non-hydrogen) atoms. The van der Waals surface area contributed by atoms with Gasteiger partial charge in [0.15, 0.2) is 0 Å².